The third-order valence-corrected chi connectivity index (χ3v) is 2.00. The first-order valence-electron chi connectivity index (χ1n) is 3.73. The second-order valence-corrected chi connectivity index (χ2v) is 2.67. The maximum absolute atomic E-state index is 9.10. The predicted molar refractivity (Wildman–Crippen MR) is 44.1 cm³/mol. The number of hydrogen-bond acceptors (Lipinski definition) is 2. The molecule has 1 aliphatic heterocycles. The third kappa shape index (κ3) is 2.67. The largest absolute Gasteiger partial charge is 0.393 e. The maximum Gasteiger partial charge on any atom is 0.0564 e. The molecule has 1 aliphatic rings. The average molecular weight is 145 g/mol. The Morgan fingerprint density at radius 1 is 1.40 bits per heavy atom. The van der Waals surface area contributed by atoms with Crippen LogP contribution in [0.25, 0.3) is 0 Å². The van der Waals surface area contributed by atoms with E-state index < -0.39 is 0 Å². The van der Waals surface area contributed by atoms with E-state index in [2.05, 4.69) is 11.8 Å². The molecule has 1 fully saturated rings. The summed E-state index contributed by atoms with van der Waals surface area (Å²) in [5, 5.41) is 9.10. The van der Waals surface area contributed by atoms with E-state index in [1.54, 1.807) is 0 Å². The van der Waals surface area contributed by atoms with E-state index in [4.69, 9.17) is 5.11 Å². The number of aliphatic hydroxyl groups excluding tert-OH is 1. The Hall–Kier alpha value is -0.0800. The Bertz CT molecular complexity index is 77.3. The van der Waals surface area contributed by atoms with Gasteiger partial charge in [0.1, 0.15) is 0 Å². The Balaban J connectivity index is 0.000000810. The summed E-state index contributed by atoms with van der Waals surface area (Å²) in [6.45, 7) is 5.46. The predicted octanol–water partition coefficient (Wildman–Crippen LogP) is 1.10. The van der Waals surface area contributed by atoms with Crippen molar-refractivity contribution in [2.75, 3.05) is 19.6 Å². The topological polar surface area (TPSA) is 23.5 Å². The van der Waals surface area contributed by atoms with Gasteiger partial charge in [0.05, 0.1) is 6.10 Å². The molecule has 1 saturated heterocycles. The minimum atomic E-state index is -0.0206. The Kier molecular flexibility index (Phi) is 4.65. The second-order valence-electron chi connectivity index (χ2n) is 2.67. The van der Waals surface area contributed by atoms with Crippen molar-refractivity contribution in [2.45, 2.75) is 33.3 Å². The zero-order valence-electron chi connectivity index (χ0n) is 6.01. The van der Waals surface area contributed by atoms with Crippen molar-refractivity contribution in [3.8, 4) is 0 Å². The van der Waals surface area contributed by atoms with Crippen LogP contribution in [0.15, 0.2) is 0 Å². The molecular formula is C8H19NO. The highest BCUT2D eigenvalue weighted by atomic mass is 16.3. The zero-order valence-corrected chi connectivity index (χ0v) is 6.01. The zero-order chi connectivity index (χ0) is 6.69. The van der Waals surface area contributed by atoms with Gasteiger partial charge >= 0.3 is 0 Å². The van der Waals surface area contributed by atoms with Crippen LogP contribution in [0.2, 0.25) is 0 Å². The van der Waals surface area contributed by atoms with Gasteiger partial charge in [-0.3, -0.25) is 0 Å². The molecule has 2 heteroatoms. The summed E-state index contributed by atoms with van der Waals surface area (Å²) in [5.74, 6) is 0. The lowest BCUT2D eigenvalue weighted by atomic mass is 10.1. The summed E-state index contributed by atoms with van der Waals surface area (Å²) in [6.07, 6.45) is 1.91. The summed E-state index contributed by atoms with van der Waals surface area (Å²) in [6, 6.07) is 0. The first kappa shape index (κ1) is 9.92. The third-order valence-electron chi connectivity index (χ3n) is 2.00. The summed E-state index contributed by atoms with van der Waals surface area (Å²) >= 11 is 0. The Labute approximate surface area is 63.8 Å². The summed E-state index contributed by atoms with van der Waals surface area (Å²) in [4.78, 5) is 2.37. The van der Waals surface area contributed by atoms with Crippen molar-refractivity contribution >= 4 is 0 Å². The quantitative estimate of drug-likeness (QED) is 0.597. The van der Waals surface area contributed by atoms with Crippen LogP contribution >= 0.6 is 0 Å². The molecule has 0 atom stereocenters. The van der Waals surface area contributed by atoms with Gasteiger partial charge in [0.15, 0.2) is 0 Å². The number of aliphatic hydroxyl groups is 1. The van der Waals surface area contributed by atoms with E-state index in [0.29, 0.717) is 0 Å². The summed E-state index contributed by atoms with van der Waals surface area (Å²) in [5.41, 5.74) is 0. The lowest BCUT2D eigenvalue weighted by Gasteiger charge is -2.27. The number of likely N-dealkylation sites (tertiary alicyclic amines) is 1. The van der Waals surface area contributed by atoms with Gasteiger partial charge < -0.3 is 10.0 Å². The van der Waals surface area contributed by atoms with E-state index in [1.807, 2.05) is 0 Å². The van der Waals surface area contributed by atoms with Crippen LogP contribution in [0.5, 0.6) is 0 Å². The number of nitrogens with zero attached hydrogens (tertiary/aromatic N) is 1. The van der Waals surface area contributed by atoms with Crippen LogP contribution in [0.3, 0.4) is 0 Å². The normalized spacial score (nSPS) is 22.2. The minimum Gasteiger partial charge on any atom is -0.393 e. The molecule has 0 unspecified atom stereocenters. The molecule has 0 amide bonds. The molecule has 10 heavy (non-hydrogen) atoms. The SMILES string of the molecule is C.CCN1CCC(O)CC1. The van der Waals surface area contributed by atoms with Crippen molar-refractivity contribution in [1.29, 1.82) is 0 Å². The second kappa shape index (κ2) is 4.69. The molecular weight excluding hydrogens is 126 g/mol. The minimum absolute atomic E-state index is 0. The number of piperidine rings is 1. The van der Waals surface area contributed by atoms with Crippen LogP contribution in [-0.4, -0.2) is 35.7 Å². The fraction of sp³-hybridized carbons (Fsp3) is 1.00. The molecule has 0 spiro atoms. The Morgan fingerprint density at radius 2 is 1.90 bits per heavy atom. The van der Waals surface area contributed by atoms with Gasteiger partial charge in [-0.15, -0.1) is 0 Å². The molecule has 0 aromatic heterocycles. The van der Waals surface area contributed by atoms with Crippen molar-refractivity contribution in [3.05, 3.63) is 0 Å². The Morgan fingerprint density at radius 3 is 2.30 bits per heavy atom. The molecule has 0 radical (unpaired) electrons. The van der Waals surface area contributed by atoms with Gasteiger partial charge in [0.25, 0.3) is 0 Å². The van der Waals surface area contributed by atoms with E-state index >= 15 is 0 Å². The van der Waals surface area contributed by atoms with Crippen LogP contribution in [0, 0.1) is 0 Å². The van der Waals surface area contributed by atoms with E-state index in [0.717, 1.165) is 32.5 Å². The monoisotopic (exact) mass is 145 g/mol. The van der Waals surface area contributed by atoms with Gasteiger partial charge in [-0.05, 0) is 19.4 Å². The highest BCUT2D eigenvalue weighted by Gasteiger charge is 2.14. The van der Waals surface area contributed by atoms with E-state index in [-0.39, 0.29) is 13.5 Å². The molecule has 0 saturated carbocycles. The molecule has 0 aliphatic carbocycles. The molecule has 1 N–H and O–H groups in total. The smallest absolute Gasteiger partial charge is 0.0564 e. The van der Waals surface area contributed by atoms with Gasteiger partial charge in [-0.2, -0.15) is 0 Å². The summed E-state index contributed by atoms with van der Waals surface area (Å²) < 4.78 is 0. The van der Waals surface area contributed by atoms with Crippen LogP contribution in [-0.2, 0) is 0 Å². The van der Waals surface area contributed by atoms with Crippen LogP contribution in [0.1, 0.15) is 27.2 Å². The highest BCUT2D eigenvalue weighted by molar-refractivity contribution is 4.69. The molecule has 0 aromatic rings. The van der Waals surface area contributed by atoms with Gasteiger partial charge in [0, 0.05) is 13.1 Å². The molecule has 1 rings (SSSR count). The van der Waals surface area contributed by atoms with Gasteiger partial charge in [-0.25, -0.2) is 0 Å². The molecule has 62 valence electrons. The van der Waals surface area contributed by atoms with Crippen molar-refractivity contribution < 1.29 is 5.11 Å². The van der Waals surface area contributed by atoms with Crippen molar-refractivity contribution in [1.82, 2.24) is 4.90 Å². The molecule has 1 heterocycles. The maximum atomic E-state index is 9.10. The van der Waals surface area contributed by atoms with Gasteiger partial charge in [-0.1, -0.05) is 14.4 Å². The van der Waals surface area contributed by atoms with Crippen LogP contribution in [0.4, 0.5) is 0 Å². The van der Waals surface area contributed by atoms with Crippen LogP contribution < -0.4 is 0 Å². The lowest BCUT2D eigenvalue weighted by Crippen LogP contribution is -2.35. The number of rotatable bonds is 1. The summed E-state index contributed by atoms with van der Waals surface area (Å²) in [7, 11) is 0. The van der Waals surface area contributed by atoms with Crippen molar-refractivity contribution in [3.63, 3.8) is 0 Å². The molecule has 0 bridgehead atoms. The lowest BCUT2D eigenvalue weighted by molar-refractivity contribution is 0.0852. The van der Waals surface area contributed by atoms with Gasteiger partial charge in [0.2, 0.25) is 0 Å². The average Bonchev–Trinajstić information content (AvgIpc) is 1.90. The standard InChI is InChI=1S/C7H15NO.CH4/c1-2-8-5-3-7(9)4-6-8;/h7,9H,2-6H2,1H3;1H4. The first-order valence-corrected chi connectivity index (χ1v) is 3.73. The van der Waals surface area contributed by atoms with E-state index in [1.165, 1.54) is 0 Å². The molecule has 0 aromatic carbocycles. The fourth-order valence-electron chi connectivity index (χ4n) is 1.24. The number of hydrogen-bond donors (Lipinski definition) is 1. The van der Waals surface area contributed by atoms with Crippen molar-refractivity contribution in [2.24, 2.45) is 0 Å². The molecule has 2 nitrogen and oxygen atoms in total. The first-order chi connectivity index (χ1) is 4.33. The fourth-order valence-corrected chi connectivity index (χ4v) is 1.24. The highest BCUT2D eigenvalue weighted by Crippen LogP contribution is 2.08. The van der Waals surface area contributed by atoms with E-state index in [9.17, 15) is 0 Å².